The molecule has 0 bridgehead atoms. The van der Waals surface area contributed by atoms with E-state index in [9.17, 15) is 4.79 Å². The smallest absolute Gasteiger partial charge is 0.168 e. The zero-order chi connectivity index (χ0) is 20.3. The number of ketones is 1. The summed E-state index contributed by atoms with van der Waals surface area (Å²) in [5.74, 6) is 2.37. The third-order valence-electron chi connectivity index (χ3n) is 5.42. The number of rotatable bonds is 19. The summed E-state index contributed by atoms with van der Waals surface area (Å²) in [5.41, 5.74) is 1.31. The molecule has 1 aromatic heterocycles. The summed E-state index contributed by atoms with van der Waals surface area (Å²) >= 11 is 0. The Kier molecular flexibility index (Phi) is 15.2. The lowest BCUT2D eigenvalue weighted by Crippen LogP contribution is -2.06. The number of unbranched alkanes of at least 4 members (excludes halogenated alkanes) is 14. The minimum Gasteiger partial charge on any atom is -0.348 e. The van der Waals surface area contributed by atoms with Crippen molar-refractivity contribution in [2.24, 2.45) is 0 Å². The van der Waals surface area contributed by atoms with Gasteiger partial charge in [0.15, 0.2) is 5.78 Å². The van der Waals surface area contributed by atoms with Gasteiger partial charge in [0.1, 0.15) is 0 Å². The number of carbonyl (C=O) groups is 1. The fourth-order valence-electron chi connectivity index (χ4n) is 3.59. The molecule has 2 N–H and O–H groups in total. The summed E-state index contributed by atoms with van der Waals surface area (Å²) in [4.78, 5) is 19.1. The Morgan fingerprint density at radius 1 is 0.893 bits per heavy atom. The second-order valence-corrected chi connectivity index (χ2v) is 7.98. The predicted molar refractivity (Wildman–Crippen MR) is 118 cm³/mol. The average Bonchev–Trinajstić information content (AvgIpc) is 3.22. The number of nitrogens with one attached hydrogen (secondary N) is 2. The molecule has 0 aliphatic carbocycles. The second kappa shape index (κ2) is 17.4. The maximum atomic E-state index is 12.2. The first kappa shape index (κ1) is 24.4. The molecule has 0 aromatic carbocycles. The largest absolute Gasteiger partial charge is 0.348 e. The van der Waals surface area contributed by atoms with Crippen molar-refractivity contribution >= 4 is 11.7 Å². The zero-order valence-corrected chi connectivity index (χ0v) is 18.0. The van der Waals surface area contributed by atoms with Gasteiger partial charge in [-0.1, -0.05) is 96.8 Å². The molecule has 1 aromatic rings. The van der Waals surface area contributed by atoms with E-state index in [2.05, 4.69) is 22.8 Å². The summed E-state index contributed by atoms with van der Waals surface area (Å²) in [6.45, 7) is 2.27. The molecule has 0 atom stereocenters. The molecule has 0 fully saturated rings. The number of hydrogen-bond acceptors (Lipinski definition) is 3. The van der Waals surface area contributed by atoms with Gasteiger partial charge in [0.2, 0.25) is 0 Å². The molecule has 158 valence electrons. The van der Waals surface area contributed by atoms with Crippen LogP contribution in [0, 0.1) is 5.41 Å². The van der Waals surface area contributed by atoms with Crippen molar-refractivity contribution in [2.75, 3.05) is 0 Å². The molecule has 0 saturated carbocycles. The first-order valence-electron chi connectivity index (χ1n) is 11.6. The number of allylic oxidation sites excluding steroid dienone is 1. The molecule has 0 aliphatic heterocycles. The minimum atomic E-state index is 0.0549. The van der Waals surface area contributed by atoms with Gasteiger partial charge in [-0.2, -0.15) is 0 Å². The Morgan fingerprint density at radius 3 is 1.82 bits per heavy atom. The molecule has 0 aliphatic rings. The molecule has 0 amide bonds. The van der Waals surface area contributed by atoms with E-state index in [1.165, 1.54) is 83.5 Å². The van der Waals surface area contributed by atoms with Crippen LogP contribution in [0.25, 0.3) is 0 Å². The Balaban J connectivity index is 1.88. The number of hydrogen-bond donors (Lipinski definition) is 2. The third kappa shape index (κ3) is 12.7. The quantitative estimate of drug-likeness (QED) is 0.153. The lowest BCUT2D eigenvalue weighted by Gasteiger charge is -2.04. The van der Waals surface area contributed by atoms with Gasteiger partial charge in [-0.05, 0) is 12.3 Å². The SMILES string of the molecule is CCCCCCCCCCCCCCCCCC(=O)C(=C=N)Cc1cnc[nH]1. The molecule has 28 heavy (non-hydrogen) atoms. The third-order valence-corrected chi connectivity index (χ3v) is 5.42. The monoisotopic (exact) mass is 387 g/mol. The van der Waals surface area contributed by atoms with Crippen molar-refractivity contribution in [3.05, 3.63) is 23.8 Å². The van der Waals surface area contributed by atoms with Crippen LogP contribution in [0.15, 0.2) is 18.1 Å². The molecule has 1 heterocycles. The normalized spacial score (nSPS) is 10.8. The van der Waals surface area contributed by atoms with E-state index < -0.39 is 0 Å². The Morgan fingerprint density at radius 2 is 1.39 bits per heavy atom. The van der Waals surface area contributed by atoms with Crippen molar-refractivity contribution in [2.45, 2.75) is 116 Å². The molecule has 0 spiro atoms. The number of Topliss-reactive ketones (excluding diaryl/α,β-unsaturated/α-hetero) is 1. The van der Waals surface area contributed by atoms with Gasteiger partial charge in [-0.25, -0.2) is 4.98 Å². The van der Waals surface area contributed by atoms with Crippen LogP contribution in [0.2, 0.25) is 0 Å². The van der Waals surface area contributed by atoms with Crippen LogP contribution in [0.1, 0.15) is 115 Å². The van der Waals surface area contributed by atoms with Crippen LogP contribution < -0.4 is 0 Å². The van der Waals surface area contributed by atoms with E-state index in [-0.39, 0.29) is 5.78 Å². The van der Waals surface area contributed by atoms with Crippen LogP contribution in [0.5, 0.6) is 0 Å². The number of imidazole rings is 1. The Bertz CT molecular complexity index is 544. The van der Waals surface area contributed by atoms with Crippen LogP contribution in [0.4, 0.5) is 0 Å². The zero-order valence-electron chi connectivity index (χ0n) is 18.0. The van der Waals surface area contributed by atoms with Gasteiger partial charge in [-0.3, -0.25) is 10.2 Å². The van der Waals surface area contributed by atoms with Crippen molar-refractivity contribution in [3.63, 3.8) is 0 Å². The minimum absolute atomic E-state index is 0.0549. The van der Waals surface area contributed by atoms with Crippen molar-refractivity contribution in [1.82, 2.24) is 9.97 Å². The Labute approximate surface area is 172 Å². The van der Waals surface area contributed by atoms with E-state index in [1.54, 1.807) is 12.5 Å². The first-order valence-corrected chi connectivity index (χ1v) is 11.6. The molecular weight excluding hydrogens is 346 g/mol. The van der Waals surface area contributed by atoms with E-state index in [0.717, 1.165) is 18.5 Å². The number of nitrogens with zero attached hydrogens (tertiary/aromatic N) is 1. The molecule has 4 heteroatoms. The van der Waals surface area contributed by atoms with E-state index >= 15 is 0 Å². The lowest BCUT2D eigenvalue weighted by atomic mass is 10.0. The van der Waals surface area contributed by atoms with Crippen LogP contribution in [-0.2, 0) is 11.2 Å². The highest BCUT2D eigenvalue weighted by atomic mass is 16.1. The van der Waals surface area contributed by atoms with Crippen molar-refractivity contribution in [1.29, 1.82) is 5.41 Å². The lowest BCUT2D eigenvalue weighted by molar-refractivity contribution is -0.115. The van der Waals surface area contributed by atoms with Crippen LogP contribution in [0.3, 0.4) is 0 Å². The van der Waals surface area contributed by atoms with E-state index in [4.69, 9.17) is 5.41 Å². The number of aromatic nitrogens is 2. The number of aromatic amines is 1. The molecule has 1 rings (SSSR count). The van der Waals surface area contributed by atoms with Crippen molar-refractivity contribution in [3.8, 4) is 0 Å². The molecular formula is C24H41N3O. The summed E-state index contributed by atoms with van der Waals surface area (Å²) in [6, 6.07) is 0. The van der Waals surface area contributed by atoms with Gasteiger partial charge in [0.25, 0.3) is 0 Å². The second-order valence-electron chi connectivity index (χ2n) is 7.98. The van der Waals surface area contributed by atoms with E-state index in [0.29, 0.717) is 18.4 Å². The van der Waals surface area contributed by atoms with Gasteiger partial charge in [0, 0.05) is 24.7 Å². The highest BCUT2D eigenvalue weighted by molar-refractivity contribution is 6.02. The number of carbonyl (C=O) groups excluding carboxylic acids is 1. The van der Waals surface area contributed by atoms with Gasteiger partial charge in [-0.15, -0.1) is 0 Å². The van der Waals surface area contributed by atoms with Crippen molar-refractivity contribution < 1.29 is 4.79 Å². The Hall–Kier alpha value is -1.67. The van der Waals surface area contributed by atoms with Crippen LogP contribution >= 0.6 is 0 Å². The molecule has 0 radical (unpaired) electrons. The maximum absolute atomic E-state index is 12.2. The summed E-state index contributed by atoms with van der Waals surface area (Å²) < 4.78 is 0. The maximum Gasteiger partial charge on any atom is 0.168 e. The molecule has 0 saturated heterocycles. The highest BCUT2D eigenvalue weighted by Gasteiger charge is 2.11. The predicted octanol–water partition coefficient (Wildman–Crippen LogP) is 6.96. The van der Waals surface area contributed by atoms with Gasteiger partial charge < -0.3 is 4.98 Å². The average molecular weight is 388 g/mol. The topological polar surface area (TPSA) is 69.6 Å². The number of H-pyrrole nitrogens is 1. The van der Waals surface area contributed by atoms with E-state index in [1.807, 2.05) is 0 Å². The summed E-state index contributed by atoms with van der Waals surface area (Å²) in [6.07, 6.45) is 24.1. The van der Waals surface area contributed by atoms with Gasteiger partial charge >= 0.3 is 0 Å². The fourth-order valence-corrected chi connectivity index (χ4v) is 3.59. The summed E-state index contributed by atoms with van der Waals surface area (Å²) in [7, 11) is 0. The summed E-state index contributed by atoms with van der Waals surface area (Å²) in [5, 5.41) is 7.34. The highest BCUT2D eigenvalue weighted by Crippen LogP contribution is 2.14. The first-order chi connectivity index (χ1) is 13.8. The van der Waals surface area contributed by atoms with Gasteiger partial charge in [0.05, 0.1) is 11.9 Å². The fraction of sp³-hybridized carbons (Fsp3) is 0.750. The van der Waals surface area contributed by atoms with Crippen LogP contribution in [-0.4, -0.2) is 21.6 Å². The standard InChI is InChI=1S/C24H41N3O/c1-2-3-4-5-6-7-8-9-10-11-12-13-14-15-16-17-24(28)22(19-25)18-23-20-26-21-27-23/h20-21,25H,2-18H2,1H3,(H,26,27). The molecule has 4 nitrogen and oxygen atoms in total. The molecule has 0 unspecified atom stereocenters.